The molecule has 1 saturated carbocycles. The summed E-state index contributed by atoms with van der Waals surface area (Å²) < 4.78 is 25.9. The highest BCUT2D eigenvalue weighted by molar-refractivity contribution is 6.30. The van der Waals surface area contributed by atoms with Gasteiger partial charge in [0.15, 0.2) is 5.41 Å². The Balaban J connectivity index is 2.18. The van der Waals surface area contributed by atoms with Crippen LogP contribution in [-0.2, 0) is 9.47 Å². The summed E-state index contributed by atoms with van der Waals surface area (Å²) >= 11 is 5.78. The number of amidine groups is 1. The predicted molar refractivity (Wildman–Crippen MR) is 97.1 cm³/mol. The molecule has 2 aliphatic rings. The van der Waals surface area contributed by atoms with E-state index >= 15 is 0 Å². The van der Waals surface area contributed by atoms with E-state index in [1.54, 1.807) is 6.07 Å². The first-order chi connectivity index (χ1) is 12.9. The lowest BCUT2D eigenvalue weighted by Gasteiger charge is -2.32. The van der Waals surface area contributed by atoms with Gasteiger partial charge in [0.1, 0.15) is 17.1 Å². The highest BCUT2D eigenvalue weighted by Crippen LogP contribution is 2.82. The lowest BCUT2D eigenvalue weighted by molar-refractivity contribution is -0.259. The monoisotopic (exact) mass is 390 g/mol. The summed E-state index contributed by atoms with van der Waals surface area (Å²) in [5, 5.41) is 20.1. The maximum Gasteiger partial charge on any atom is 0.293 e. The number of fused-ring (bicyclic) bond motifs is 1. The highest BCUT2D eigenvalue weighted by Gasteiger charge is 2.93. The van der Waals surface area contributed by atoms with Gasteiger partial charge in [-0.3, -0.25) is 0 Å². The molecular weight excluding hydrogens is 371 g/mol. The van der Waals surface area contributed by atoms with Crippen molar-refractivity contribution in [3.63, 3.8) is 0 Å². The first-order valence-corrected chi connectivity index (χ1v) is 9.19. The van der Waals surface area contributed by atoms with Crippen molar-refractivity contribution in [2.75, 3.05) is 13.2 Å². The largest absolute Gasteiger partial charge is 0.386 e. The molecule has 0 spiro atoms. The molecule has 2 N–H and O–H groups in total. The number of benzene rings is 1. The molecule has 27 heavy (non-hydrogen) atoms. The van der Waals surface area contributed by atoms with E-state index in [9.17, 15) is 14.9 Å². The molecule has 1 aromatic carbocycles. The third kappa shape index (κ3) is 2.32. The number of hydrogen-bond acceptors (Lipinski definition) is 6. The average molecular weight is 391 g/mol. The molecule has 0 amide bonds. The first kappa shape index (κ1) is 19.6. The molecule has 1 aromatic rings. The molecule has 1 aliphatic carbocycles. The number of halogens is 2. The van der Waals surface area contributed by atoms with E-state index in [0.717, 1.165) is 0 Å². The Morgan fingerprint density at radius 2 is 1.85 bits per heavy atom. The lowest BCUT2D eigenvalue weighted by Crippen LogP contribution is -2.44. The minimum atomic E-state index is -1.70. The van der Waals surface area contributed by atoms with Crippen LogP contribution in [0.2, 0.25) is 5.02 Å². The highest BCUT2D eigenvalue weighted by atomic mass is 35.5. The van der Waals surface area contributed by atoms with Crippen molar-refractivity contribution >= 4 is 17.4 Å². The minimum Gasteiger partial charge on any atom is -0.386 e. The van der Waals surface area contributed by atoms with Crippen LogP contribution in [0.15, 0.2) is 23.2 Å². The number of rotatable bonds is 7. The molecule has 0 bridgehead atoms. The zero-order chi connectivity index (χ0) is 19.9. The fourth-order valence-electron chi connectivity index (χ4n) is 4.03. The number of nitrogens with zero attached hydrogens (tertiary/aromatic N) is 3. The quantitative estimate of drug-likeness (QED) is 0.717. The van der Waals surface area contributed by atoms with Gasteiger partial charge in [0.25, 0.3) is 5.91 Å². The molecule has 6 nitrogen and oxygen atoms in total. The van der Waals surface area contributed by atoms with Gasteiger partial charge in [-0.15, -0.1) is 0 Å². The van der Waals surface area contributed by atoms with Gasteiger partial charge in [-0.1, -0.05) is 31.5 Å². The van der Waals surface area contributed by atoms with Gasteiger partial charge in [0.05, 0.1) is 30.4 Å². The molecule has 8 heteroatoms. The van der Waals surface area contributed by atoms with Crippen LogP contribution in [0.3, 0.4) is 0 Å². The minimum absolute atomic E-state index is 0.0286. The molecule has 1 heterocycles. The van der Waals surface area contributed by atoms with Gasteiger partial charge in [-0.2, -0.15) is 10.5 Å². The number of hydrogen-bond donors (Lipinski definition) is 1. The first-order valence-electron chi connectivity index (χ1n) is 8.81. The third-order valence-corrected chi connectivity index (χ3v) is 5.51. The fourth-order valence-corrected chi connectivity index (χ4v) is 4.15. The van der Waals surface area contributed by atoms with E-state index in [-0.39, 0.29) is 24.1 Å². The third-order valence-electron chi connectivity index (χ3n) is 5.21. The second kappa shape index (κ2) is 6.76. The number of aliphatic imine (C=N–C) groups is 1. The molecule has 3 unspecified atom stereocenters. The Labute approximate surface area is 162 Å². The normalized spacial score (nSPS) is 30.1. The molecule has 142 valence electrons. The summed E-state index contributed by atoms with van der Waals surface area (Å²) in [5.41, 5.74) is 3.63. The van der Waals surface area contributed by atoms with Gasteiger partial charge in [-0.05, 0) is 30.5 Å². The molecule has 0 aromatic heterocycles. The van der Waals surface area contributed by atoms with E-state index < -0.39 is 28.5 Å². The SMILES string of the molecule is CCCOC1(OCCC)N=C(N)C2(C#N)C(c3ccc(Cl)c(F)c3)C12C#N. The molecular formula is C19H20ClFN4O2. The van der Waals surface area contributed by atoms with Crippen LogP contribution >= 0.6 is 11.6 Å². The van der Waals surface area contributed by atoms with Crippen molar-refractivity contribution in [3.8, 4) is 12.1 Å². The van der Waals surface area contributed by atoms with Crippen LogP contribution in [0.25, 0.3) is 0 Å². The van der Waals surface area contributed by atoms with Crippen molar-refractivity contribution in [2.45, 2.75) is 38.5 Å². The van der Waals surface area contributed by atoms with Crippen LogP contribution in [0.5, 0.6) is 0 Å². The van der Waals surface area contributed by atoms with Gasteiger partial charge < -0.3 is 15.2 Å². The fraction of sp³-hybridized carbons (Fsp3) is 0.526. The zero-order valence-corrected chi connectivity index (χ0v) is 15.9. The Hall–Kier alpha value is -2.19. The van der Waals surface area contributed by atoms with Gasteiger partial charge in [0, 0.05) is 5.92 Å². The standard InChI is InChI=1S/C19H20ClFN4O2/c1-3-7-26-19(27-8-4-2)18(11-23)15(17(18,10-22)16(24)25-19)12-5-6-13(20)14(21)9-12/h5-6,9,15H,3-4,7-8H2,1-2H3,(H2,24,25). The van der Waals surface area contributed by atoms with E-state index in [2.05, 4.69) is 17.1 Å². The van der Waals surface area contributed by atoms with E-state index in [0.29, 0.717) is 18.4 Å². The Bertz CT molecular complexity index is 869. The molecule has 3 rings (SSSR count). The second-order valence-electron chi connectivity index (χ2n) is 6.72. The topological polar surface area (TPSA) is 104 Å². The molecule has 0 saturated heterocycles. The molecule has 3 atom stereocenters. The zero-order valence-electron chi connectivity index (χ0n) is 15.1. The van der Waals surface area contributed by atoms with Crippen molar-refractivity contribution in [1.29, 1.82) is 10.5 Å². The van der Waals surface area contributed by atoms with Gasteiger partial charge in [0.2, 0.25) is 0 Å². The summed E-state index contributed by atoms with van der Waals surface area (Å²) in [6.07, 6.45) is 1.32. The van der Waals surface area contributed by atoms with E-state index in [1.807, 2.05) is 13.8 Å². The summed E-state index contributed by atoms with van der Waals surface area (Å²) in [6.45, 7) is 4.36. The Morgan fingerprint density at radius 3 is 2.33 bits per heavy atom. The van der Waals surface area contributed by atoms with Crippen LogP contribution in [-0.4, -0.2) is 25.0 Å². The van der Waals surface area contributed by atoms with Crippen LogP contribution in [0.1, 0.15) is 38.2 Å². The molecule has 1 fully saturated rings. The average Bonchev–Trinajstić information content (AvgIpc) is 3.24. The molecule has 0 radical (unpaired) electrons. The number of ether oxygens (including phenoxy) is 2. The summed E-state index contributed by atoms with van der Waals surface area (Å²) in [6, 6.07) is 8.56. The van der Waals surface area contributed by atoms with Crippen LogP contribution < -0.4 is 5.73 Å². The van der Waals surface area contributed by atoms with Crippen molar-refractivity contribution in [3.05, 3.63) is 34.6 Å². The number of nitrogens with two attached hydrogens (primary N) is 1. The van der Waals surface area contributed by atoms with Crippen LogP contribution in [0, 0.1) is 39.3 Å². The predicted octanol–water partition coefficient (Wildman–Crippen LogP) is 3.47. The van der Waals surface area contributed by atoms with Gasteiger partial charge in [-0.25, -0.2) is 9.38 Å². The maximum atomic E-state index is 14.1. The van der Waals surface area contributed by atoms with Crippen molar-refractivity contribution in [1.82, 2.24) is 0 Å². The smallest absolute Gasteiger partial charge is 0.293 e. The Kier molecular flexibility index (Phi) is 4.90. The Morgan fingerprint density at radius 1 is 1.22 bits per heavy atom. The van der Waals surface area contributed by atoms with E-state index in [4.69, 9.17) is 26.8 Å². The lowest BCUT2D eigenvalue weighted by atomic mass is 9.93. The van der Waals surface area contributed by atoms with Crippen molar-refractivity contribution < 1.29 is 13.9 Å². The molecule has 1 aliphatic heterocycles. The maximum absolute atomic E-state index is 14.1. The van der Waals surface area contributed by atoms with E-state index in [1.165, 1.54) is 12.1 Å². The number of nitriles is 2. The van der Waals surface area contributed by atoms with Crippen LogP contribution in [0.4, 0.5) is 4.39 Å². The van der Waals surface area contributed by atoms with Crippen molar-refractivity contribution in [2.24, 2.45) is 21.6 Å². The van der Waals surface area contributed by atoms with Gasteiger partial charge >= 0.3 is 0 Å². The summed E-state index contributed by atoms with van der Waals surface area (Å²) in [4.78, 5) is 4.31. The second-order valence-corrected chi connectivity index (χ2v) is 7.13. The summed E-state index contributed by atoms with van der Waals surface area (Å²) in [7, 11) is 0. The summed E-state index contributed by atoms with van der Waals surface area (Å²) in [5.74, 6) is -3.10.